The van der Waals surface area contributed by atoms with Crippen LogP contribution in [0.3, 0.4) is 0 Å². The molecule has 0 spiro atoms. The maximum absolute atomic E-state index is 12.7. The van der Waals surface area contributed by atoms with E-state index in [0.29, 0.717) is 23.7 Å². The molecule has 0 bridgehead atoms. The summed E-state index contributed by atoms with van der Waals surface area (Å²) in [5.41, 5.74) is 3.36. The maximum atomic E-state index is 12.7. The van der Waals surface area contributed by atoms with Crippen molar-refractivity contribution in [3.8, 4) is 11.5 Å². The van der Waals surface area contributed by atoms with Crippen molar-refractivity contribution in [3.63, 3.8) is 0 Å². The number of carbonyl (C=O) groups is 1. The van der Waals surface area contributed by atoms with Gasteiger partial charge in [-0.1, -0.05) is 6.07 Å². The zero-order valence-electron chi connectivity index (χ0n) is 17.1. The van der Waals surface area contributed by atoms with Crippen LogP contribution < -0.4 is 14.8 Å². The lowest BCUT2D eigenvalue weighted by atomic mass is 10.2. The van der Waals surface area contributed by atoms with E-state index in [1.807, 2.05) is 36.7 Å². The first kappa shape index (κ1) is 20.9. The van der Waals surface area contributed by atoms with Crippen molar-refractivity contribution in [3.05, 3.63) is 52.0 Å². The molecule has 3 rings (SSSR count). The maximum Gasteiger partial charge on any atom is 0.249 e. The predicted octanol–water partition coefficient (Wildman–Crippen LogP) is 3.72. The number of nitrogens with zero attached hydrogens (tertiary/aromatic N) is 4. The van der Waals surface area contributed by atoms with E-state index in [0.717, 1.165) is 21.4 Å². The van der Waals surface area contributed by atoms with Gasteiger partial charge in [0.2, 0.25) is 5.91 Å². The Kier molecular flexibility index (Phi) is 6.26. The second-order valence-corrected chi connectivity index (χ2v) is 7.61. The topological polar surface area (TPSA) is 83.2 Å². The number of ether oxygens (including phenoxy) is 2. The van der Waals surface area contributed by atoms with Gasteiger partial charge < -0.3 is 14.8 Å². The van der Waals surface area contributed by atoms with E-state index in [1.54, 1.807) is 38.2 Å². The highest BCUT2D eigenvalue weighted by molar-refractivity contribution is 9.10. The van der Waals surface area contributed by atoms with Crippen LogP contribution in [0, 0.1) is 13.8 Å². The zero-order chi connectivity index (χ0) is 21.1. The van der Waals surface area contributed by atoms with Gasteiger partial charge in [0.1, 0.15) is 6.04 Å². The summed E-state index contributed by atoms with van der Waals surface area (Å²) in [5.74, 6) is 1.19. The Balaban J connectivity index is 1.79. The van der Waals surface area contributed by atoms with Crippen LogP contribution in [-0.2, 0) is 11.3 Å². The number of halogens is 1. The second kappa shape index (κ2) is 8.69. The van der Waals surface area contributed by atoms with E-state index in [1.165, 1.54) is 0 Å². The number of aryl methyl sites for hydroxylation is 1. The predicted molar refractivity (Wildman–Crippen MR) is 114 cm³/mol. The molecule has 0 saturated heterocycles. The van der Waals surface area contributed by atoms with Crippen LogP contribution in [0.2, 0.25) is 0 Å². The average Bonchev–Trinajstić information content (AvgIpc) is 3.25. The molecule has 0 saturated carbocycles. The van der Waals surface area contributed by atoms with Gasteiger partial charge in [-0.25, -0.2) is 0 Å². The lowest BCUT2D eigenvalue weighted by molar-refractivity contribution is -0.119. The van der Waals surface area contributed by atoms with E-state index in [-0.39, 0.29) is 5.91 Å². The Morgan fingerprint density at radius 2 is 1.97 bits per heavy atom. The van der Waals surface area contributed by atoms with Gasteiger partial charge in [-0.3, -0.25) is 14.2 Å². The number of hydrogen-bond acceptors (Lipinski definition) is 5. The Labute approximate surface area is 177 Å². The third-order valence-corrected chi connectivity index (χ3v) is 5.17. The van der Waals surface area contributed by atoms with E-state index >= 15 is 0 Å². The summed E-state index contributed by atoms with van der Waals surface area (Å²) >= 11 is 3.35. The molecule has 0 aliphatic heterocycles. The van der Waals surface area contributed by atoms with Gasteiger partial charge in [0.25, 0.3) is 0 Å². The van der Waals surface area contributed by atoms with Crippen molar-refractivity contribution < 1.29 is 14.3 Å². The summed E-state index contributed by atoms with van der Waals surface area (Å²) in [7, 11) is 3.22. The lowest BCUT2D eigenvalue weighted by Gasteiger charge is -2.13. The largest absolute Gasteiger partial charge is 0.493 e. The number of anilines is 1. The fraction of sp³-hybridized carbons (Fsp3) is 0.350. The Hall–Kier alpha value is -2.81. The van der Waals surface area contributed by atoms with Crippen LogP contribution in [0.4, 0.5) is 5.69 Å². The molecule has 0 aliphatic rings. The van der Waals surface area contributed by atoms with Crippen molar-refractivity contribution in [2.45, 2.75) is 33.4 Å². The second-order valence-electron chi connectivity index (χ2n) is 6.70. The molecule has 154 valence electrons. The molecule has 0 fully saturated rings. The van der Waals surface area contributed by atoms with Crippen molar-refractivity contribution in [2.24, 2.45) is 0 Å². The summed E-state index contributed by atoms with van der Waals surface area (Å²) in [6.45, 7) is 6.16. The molecule has 1 unspecified atom stereocenters. The smallest absolute Gasteiger partial charge is 0.249 e. The number of amides is 1. The van der Waals surface area contributed by atoms with Gasteiger partial charge in [-0.2, -0.15) is 10.2 Å². The first-order valence-corrected chi connectivity index (χ1v) is 9.88. The van der Waals surface area contributed by atoms with Crippen LogP contribution in [0.25, 0.3) is 0 Å². The molecule has 9 heteroatoms. The van der Waals surface area contributed by atoms with Crippen molar-refractivity contribution >= 4 is 27.5 Å². The number of rotatable bonds is 7. The molecule has 1 N–H and O–H groups in total. The highest BCUT2D eigenvalue weighted by Gasteiger charge is 2.20. The van der Waals surface area contributed by atoms with Gasteiger partial charge >= 0.3 is 0 Å². The minimum absolute atomic E-state index is 0.155. The van der Waals surface area contributed by atoms with E-state index in [2.05, 4.69) is 31.4 Å². The Morgan fingerprint density at radius 1 is 1.24 bits per heavy atom. The van der Waals surface area contributed by atoms with E-state index in [9.17, 15) is 4.79 Å². The molecule has 0 radical (unpaired) electrons. The number of benzene rings is 1. The van der Waals surface area contributed by atoms with Crippen LogP contribution in [-0.4, -0.2) is 39.7 Å². The molecule has 29 heavy (non-hydrogen) atoms. The molecular formula is C20H24BrN5O3. The number of nitrogens with one attached hydrogen (secondary N) is 1. The molecule has 2 aromatic heterocycles. The first-order chi connectivity index (χ1) is 13.8. The molecule has 3 aromatic rings. The van der Waals surface area contributed by atoms with Crippen LogP contribution in [0.5, 0.6) is 11.5 Å². The number of carbonyl (C=O) groups excluding carboxylic acids is 1. The van der Waals surface area contributed by atoms with Crippen molar-refractivity contribution in [1.29, 1.82) is 0 Å². The summed E-state index contributed by atoms with van der Waals surface area (Å²) in [4.78, 5) is 12.7. The fourth-order valence-corrected chi connectivity index (χ4v) is 3.36. The van der Waals surface area contributed by atoms with Crippen LogP contribution in [0.15, 0.2) is 35.1 Å². The highest BCUT2D eigenvalue weighted by atomic mass is 79.9. The lowest BCUT2D eigenvalue weighted by Crippen LogP contribution is -2.24. The van der Waals surface area contributed by atoms with Crippen LogP contribution in [0.1, 0.15) is 29.9 Å². The van der Waals surface area contributed by atoms with Gasteiger partial charge in [-0.15, -0.1) is 0 Å². The summed E-state index contributed by atoms with van der Waals surface area (Å²) in [6.07, 6.45) is 3.42. The molecule has 1 amide bonds. The van der Waals surface area contributed by atoms with Crippen LogP contribution >= 0.6 is 15.9 Å². The summed E-state index contributed by atoms with van der Waals surface area (Å²) in [5, 5.41) is 11.8. The number of methoxy groups -OCH3 is 2. The number of hydrogen-bond donors (Lipinski definition) is 1. The molecule has 0 aliphatic carbocycles. The quantitative estimate of drug-likeness (QED) is 0.579. The van der Waals surface area contributed by atoms with Gasteiger partial charge in [0, 0.05) is 6.20 Å². The SMILES string of the molecule is COc1ccc(Cn2nc(C)c(NC(=O)C(C)n3cc(Br)cn3)c2C)cc1OC. The Bertz CT molecular complexity index is 1030. The average molecular weight is 462 g/mol. The third-order valence-electron chi connectivity index (χ3n) is 4.76. The number of aromatic nitrogens is 4. The molecular weight excluding hydrogens is 438 g/mol. The van der Waals surface area contributed by atoms with E-state index in [4.69, 9.17) is 9.47 Å². The fourth-order valence-electron chi connectivity index (χ4n) is 3.06. The first-order valence-electron chi connectivity index (χ1n) is 9.09. The van der Waals surface area contributed by atoms with E-state index < -0.39 is 6.04 Å². The van der Waals surface area contributed by atoms with Crippen molar-refractivity contribution in [2.75, 3.05) is 19.5 Å². The monoisotopic (exact) mass is 461 g/mol. The van der Waals surface area contributed by atoms with Gasteiger partial charge in [0.05, 0.1) is 48.5 Å². The highest BCUT2D eigenvalue weighted by Crippen LogP contribution is 2.29. The standard InChI is InChI=1S/C20H24BrN5O3/c1-12-19(23-20(27)14(3)25-11-16(21)9-22-25)13(2)26(24-12)10-15-6-7-17(28-4)18(8-15)29-5/h6-9,11,14H,10H2,1-5H3,(H,23,27). The van der Waals surface area contributed by atoms with Crippen molar-refractivity contribution in [1.82, 2.24) is 19.6 Å². The summed E-state index contributed by atoms with van der Waals surface area (Å²) in [6, 6.07) is 5.31. The molecule has 1 aromatic carbocycles. The van der Waals surface area contributed by atoms with Gasteiger partial charge in [-0.05, 0) is 54.4 Å². The molecule has 2 heterocycles. The minimum atomic E-state index is -0.450. The zero-order valence-corrected chi connectivity index (χ0v) is 18.6. The summed E-state index contributed by atoms with van der Waals surface area (Å²) < 4.78 is 15.0. The third kappa shape index (κ3) is 4.45. The Morgan fingerprint density at radius 3 is 2.59 bits per heavy atom. The van der Waals surface area contributed by atoms with Gasteiger partial charge in [0.15, 0.2) is 11.5 Å². The minimum Gasteiger partial charge on any atom is -0.493 e. The normalized spacial score (nSPS) is 11.9. The molecule has 1 atom stereocenters. The molecule has 8 nitrogen and oxygen atoms in total.